The Morgan fingerprint density at radius 3 is 2.77 bits per heavy atom. The van der Waals surface area contributed by atoms with Crippen molar-refractivity contribution in [2.24, 2.45) is 10.4 Å². The lowest BCUT2D eigenvalue weighted by Gasteiger charge is -2.14. The van der Waals surface area contributed by atoms with Crippen LogP contribution in [-0.4, -0.2) is 35.0 Å². The van der Waals surface area contributed by atoms with Gasteiger partial charge in [-0.25, -0.2) is 14.2 Å². The summed E-state index contributed by atoms with van der Waals surface area (Å²) in [7, 11) is 0. The lowest BCUT2D eigenvalue weighted by Crippen LogP contribution is -2.20. The van der Waals surface area contributed by atoms with E-state index in [2.05, 4.69) is 8.78 Å². The molecule has 0 aromatic rings. The normalized spacial score (nSPS) is 19.3. The lowest BCUT2D eigenvalue weighted by atomic mass is 9.89. The molecule has 1 rings (SSSR count). The van der Waals surface area contributed by atoms with E-state index < -0.39 is 18.1 Å². The molecule has 0 saturated heterocycles. The number of nitrogens with zero attached hydrogens (tertiary/aromatic N) is 1. The maximum absolute atomic E-state index is 12.4. The summed E-state index contributed by atoms with van der Waals surface area (Å²) in [6.07, 6.45) is 1.62. The third-order valence-corrected chi connectivity index (χ3v) is 2.23. The van der Waals surface area contributed by atoms with E-state index in [0.717, 1.165) is 16.6 Å². The predicted octanol–water partition coefficient (Wildman–Crippen LogP) is 0.680. The maximum Gasteiger partial charge on any atom is 0.497 e. The molecule has 69 valence electrons. The molecule has 0 aromatic heterocycles. The number of rotatable bonds is 2. The molecular weight excluding hydrogens is 188 g/mol. The van der Waals surface area contributed by atoms with Gasteiger partial charge in [-0.15, -0.1) is 0 Å². The van der Waals surface area contributed by atoms with E-state index in [1.807, 2.05) is 13.8 Å². The summed E-state index contributed by atoms with van der Waals surface area (Å²) in [4.78, 5) is 14.9. The molecule has 1 radical (unpaired) electrons. The highest BCUT2D eigenvalue weighted by Crippen LogP contribution is 2.29. The molecule has 0 amide bonds. The highest BCUT2D eigenvalue weighted by Gasteiger charge is 2.30. The number of hydrogen-bond acceptors (Lipinski definition) is 3. The Hall–Kier alpha value is -0.658. The van der Waals surface area contributed by atoms with Crippen molar-refractivity contribution in [2.45, 2.75) is 13.8 Å². The summed E-state index contributed by atoms with van der Waals surface area (Å²) in [6, 6.07) is 0. The van der Waals surface area contributed by atoms with Crippen LogP contribution in [-0.2, 0) is 8.58 Å². The van der Waals surface area contributed by atoms with Gasteiger partial charge in [-0.05, 0) is 6.08 Å². The Morgan fingerprint density at radius 1 is 1.77 bits per heavy atom. The quantitative estimate of drug-likeness (QED) is 0.612. The Kier molecular flexibility index (Phi) is 2.89. The van der Waals surface area contributed by atoms with Gasteiger partial charge in [-0.1, -0.05) is 13.8 Å². The van der Waals surface area contributed by atoms with Crippen molar-refractivity contribution in [2.75, 3.05) is 6.67 Å². The molecule has 1 aliphatic heterocycles. The maximum atomic E-state index is 12.4. The minimum Gasteiger partial charge on any atom is -0.620 e. The first-order valence-electron chi connectivity index (χ1n) is 3.84. The topological polar surface area (TPSA) is 38.7 Å². The fraction of sp³-hybridized carbons (Fsp3) is 0.500. The molecule has 1 aliphatic rings. The zero-order valence-electron chi connectivity index (χ0n) is 7.63. The first-order valence-corrected chi connectivity index (χ1v) is 4.42. The molecular formula is C8H10AlFNO2. The molecule has 0 unspecified atom stereocenters. The van der Waals surface area contributed by atoms with Crippen molar-refractivity contribution in [1.82, 2.24) is 0 Å². The molecule has 5 heteroatoms. The SMILES string of the molecule is CC1(C)C=C(C(=O)[O][AlH])N=C1CF. The number of allylic oxidation sites excluding steroid dienone is 1. The second-order valence-electron chi connectivity index (χ2n) is 3.38. The number of hydrogen-bond donors (Lipinski definition) is 0. The number of carbonyl (C=O) groups excluding carboxylic acids is 1. The fourth-order valence-electron chi connectivity index (χ4n) is 1.13. The summed E-state index contributed by atoms with van der Waals surface area (Å²) in [6.45, 7) is 2.99. The monoisotopic (exact) mass is 198 g/mol. The Balaban J connectivity index is 2.94. The molecule has 0 fully saturated rings. The highest BCUT2D eigenvalue weighted by molar-refractivity contribution is 6.11. The van der Waals surface area contributed by atoms with Crippen molar-refractivity contribution in [3.8, 4) is 0 Å². The first kappa shape index (κ1) is 10.4. The van der Waals surface area contributed by atoms with Crippen LogP contribution in [0.4, 0.5) is 4.39 Å². The van der Waals surface area contributed by atoms with E-state index >= 15 is 0 Å². The molecule has 0 atom stereocenters. The van der Waals surface area contributed by atoms with E-state index in [9.17, 15) is 9.18 Å². The summed E-state index contributed by atoms with van der Waals surface area (Å²) in [5.74, 6) is -0.505. The van der Waals surface area contributed by atoms with Gasteiger partial charge in [0.25, 0.3) is 0 Å². The molecule has 0 spiro atoms. The number of carbonyl (C=O) groups is 1. The third kappa shape index (κ3) is 1.98. The van der Waals surface area contributed by atoms with E-state index in [1.165, 1.54) is 0 Å². The number of alkyl halides is 1. The summed E-state index contributed by atoms with van der Waals surface area (Å²) >= 11 is 1.09. The van der Waals surface area contributed by atoms with Gasteiger partial charge < -0.3 is 3.79 Å². The zero-order chi connectivity index (χ0) is 10.1. The van der Waals surface area contributed by atoms with Gasteiger partial charge in [-0.3, -0.25) is 0 Å². The Labute approximate surface area is 84.4 Å². The largest absolute Gasteiger partial charge is 0.620 e. The molecule has 0 aromatic carbocycles. The van der Waals surface area contributed by atoms with Crippen LogP contribution >= 0.6 is 0 Å². The van der Waals surface area contributed by atoms with Crippen LogP contribution < -0.4 is 0 Å². The average Bonchev–Trinajstić information content (AvgIpc) is 2.39. The zero-order valence-corrected chi connectivity index (χ0v) is 9.05. The molecule has 3 nitrogen and oxygen atoms in total. The van der Waals surface area contributed by atoms with Crippen LogP contribution in [0.2, 0.25) is 0 Å². The van der Waals surface area contributed by atoms with Gasteiger partial charge in [-0.2, -0.15) is 0 Å². The minimum atomic E-state index is -0.633. The predicted molar refractivity (Wildman–Crippen MR) is 48.5 cm³/mol. The van der Waals surface area contributed by atoms with Crippen molar-refractivity contribution in [3.05, 3.63) is 11.8 Å². The van der Waals surface area contributed by atoms with Gasteiger partial charge >= 0.3 is 22.6 Å². The van der Waals surface area contributed by atoms with Crippen LogP contribution in [0.1, 0.15) is 13.8 Å². The fourth-order valence-corrected chi connectivity index (χ4v) is 1.28. The van der Waals surface area contributed by atoms with Crippen LogP contribution in [0.25, 0.3) is 0 Å². The van der Waals surface area contributed by atoms with Crippen molar-refractivity contribution in [1.29, 1.82) is 0 Å². The van der Waals surface area contributed by atoms with Gasteiger partial charge in [0.2, 0.25) is 0 Å². The van der Waals surface area contributed by atoms with Crippen LogP contribution in [0.5, 0.6) is 0 Å². The molecule has 13 heavy (non-hydrogen) atoms. The summed E-state index contributed by atoms with van der Waals surface area (Å²) in [5, 5.41) is 0. The van der Waals surface area contributed by atoms with E-state index in [-0.39, 0.29) is 5.70 Å². The smallest absolute Gasteiger partial charge is 0.497 e. The molecule has 1 heterocycles. The van der Waals surface area contributed by atoms with Crippen LogP contribution in [0.15, 0.2) is 16.8 Å². The van der Waals surface area contributed by atoms with E-state index in [4.69, 9.17) is 0 Å². The lowest BCUT2D eigenvalue weighted by molar-refractivity contribution is -0.129. The first-order chi connectivity index (χ1) is 6.01. The summed E-state index contributed by atoms with van der Waals surface area (Å²) < 4.78 is 16.9. The van der Waals surface area contributed by atoms with Gasteiger partial charge in [0.15, 0.2) is 0 Å². The third-order valence-electron chi connectivity index (χ3n) is 1.96. The van der Waals surface area contributed by atoms with Crippen molar-refractivity contribution >= 4 is 28.3 Å². The van der Waals surface area contributed by atoms with Crippen LogP contribution in [0, 0.1) is 5.41 Å². The van der Waals surface area contributed by atoms with Crippen molar-refractivity contribution in [3.63, 3.8) is 0 Å². The number of halogens is 1. The molecule has 0 saturated carbocycles. The van der Waals surface area contributed by atoms with Gasteiger partial charge in [0.1, 0.15) is 12.4 Å². The molecule has 0 N–H and O–H groups in total. The van der Waals surface area contributed by atoms with Crippen LogP contribution in [0.3, 0.4) is 0 Å². The second-order valence-corrected chi connectivity index (χ2v) is 3.66. The van der Waals surface area contributed by atoms with Gasteiger partial charge in [0.05, 0.1) is 5.71 Å². The second kappa shape index (κ2) is 3.61. The standard InChI is InChI=1S/C8H10FNO2.Al.H/c1-8(2)3-5(7(11)12)10-6(8)4-9;;/h3H,4H2,1-2H3,(H,11,12);;/q;+1;/p-1. The molecule has 0 aliphatic carbocycles. The Morgan fingerprint density at radius 2 is 2.38 bits per heavy atom. The van der Waals surface area contributed by atoms with Gasteiger partial charge in [0, 0.05) is 5.41 Å². The molecule has 0 bridgehead atoms. The Bertz CT molecular complexity index is 297. The van der Waals surface area contributed by atoms with Crippen molar-refractivity contribution < 1.29 is 13.0 Å². The summed E-state index contributed by atoms with van der Waals surface area (Å²) in [5.41, 5.74) is 0.102. The number of aliphatic imine (C=N–C) groups is 1. The average molecular weight is 198 g/mol. The van der Waals surface area contributed by atoms with E-state index in [0.29, 0.717) is 5.71 Å². The highest BCUT2D eigenvalue weighted by atomic mass is 27.1. The van der Waals surface area contributed by atoms with E-state index in [1.54, 1.807) is 6.08 Å². The minimum absolute atomic E-state index is 0.202.